The molecule has 154 valence electrons. The van der Waals surface area contributed by atoms with Crippen LogP contribution >= 0.6 is 0 Å². The van der Waals surface area contributed by atoms with Gasteiger partial charge < -0.3 is 9.50 Å². The van der Waals surface area contributed by atoms with Crippen molar-refractivity contribution >= 4 is 21.7 Å². The van der Waals surface area contributed by atoms with Gasteiger partial charge in [0.1, 0.15) is 10.6 Å². The van der Waals surface area contributed by atoms with Gasteiger partial charge in [0, 0.05) is 23.7 Å². The van der Waals surface area contributed by atoms with Crippen LogP contribution in [-0.2, 0) is 10.1 Å². The van der Waals surface area contributed by atoms with Crippen LogP contribution in [0.2, 0.25) is 0 Å². The maximum atomic E-state index is 12.4. The summed E-state index contributed by atoms with van der Waals surface area (Å²) in [5.41, 5.74) is 0.0644. The molecule has 3 rings (SSSR count). The molecule has 0 unspecified atom stereocenters. The van der Waals surface area contributed by atoms with Crippen molar-refractivity contribution in [2.24, 2.45) is 0 Å². The highest BCUT2D eigenvalue weighted by Crippen LogP contribution is 2.23. The van der Waals surface area contributed by atoms with Crippen molar-refractivity contribution in [3.63, 3.8) is 0 Å². The summed E-state index contributed by atoms with van der Waals surface area (Å²) in [7, 11) is -4.23. The van der Waals surface area contributed by atoms with Gasteiger partial charge in [-0.25, -0.2) is 0 Å². The number of hydrogen-bond donors (Lipinski definition) is 1. The number of nitro groups is 1. The minimum absolute atomic E-state index is 0.0162. The Balaban J connectivity index is 1.67. The third-order valence-electron chi connectivity index (χ3n) is 4.83. The fourth-order valence-electron chi connectivity index (χ4n) is 3.28. The van der Waals surface area contributed by atoms with Crippen molar-refractivity contribution in [1.82, 2.24) is 5.32 Å². The molecule has 0 heterocycles. The molecule has 9 heteroatoms. The Morgan fingerprint density at radius 2 is 1.69 bits per heavy atom. The summed E-state index contributed by atoms with van der Waals surface area (Å²) in [6.07, 6.45) is 6.53. The van der Waals surface area contributed by atoms with E-state index in [-0.39, 0.29) is 28.3 Å². The molecular weight excluding hydrogens is 396 g/mol. The molecule has 0 spiro atoms. The second-order valence-corrected chi connectivity index (χ2v) is 8.52. The zero-order valence-electron chi connectivity index (χ0n) is 15.7. The van der Waals surface area contributed by atoms with Crippen LogP contribution in [0, 0.1) is 10.1 Å². The van der Waals surface area contributed by atoms with Crippen molar-refractivity contribution < 1.29 is 22.3 Å². The van der Waals surface area contributed by atoms with Gasteiger partial charge in [-0.3, -0.25) is 14.9 Å². The lowest BCUT2D eigenvalue weighted by atomic mass is 10.1. The van der Waals surface area contributed by atoms with E-state index in [9.17, 15) is 23.3 Å². The normalized spacial score (nSPS) is 15.3. The number of nitrogens with one attached hydrogen (secondary N) is 1. The van der Waals surface area contributed by atoms with Gasteiger partial charge in [0.15, 0.2) is 0 Å². The predicted octanol–water partition coefficient (Wildman–Crippen LogP) is 3.82. The van der Waals surface area contributed by atoms with Crippen molar-refractivity contribution in [3.8, 4) is 5.75 Å². The first-order chi connectivity index (χ1) is 13.8. The van der Waals surface area contributed by atoms with Gasteiger partial charge >= 0.3 is 10.1 Å². The average molecular weight is 418 g/mol. The van der Waals surface area contributed by atoms with Crippen LogP contribution in [0.1, 0.15) is 48.9 Å². The monoisotopic (exact) mass is 418 g/mol. The second-order valence-electron chi connectivity index (χ2n) is 6.98. The van der Waals surface area contributed by atoms with Gasteiger partial charge in [-0.2, -0.15) is 8.42 Å². The highest BCUT2D eigenvalue weighted by Gasteiger charge is 2.20. The summed E-state index contributed by atoms with van der Waals surface area (Å²) >= 11 is 0. The molecule has 0 aromatic heterocycles. The molecule has 1 N–H and O–H groups in total. The quantitative estimate of drug-likeness (QED) is 0.330. The molecule has 0 aliphatic heterocycles. The number of nitrogens with zero attached hydrogens (tertiary/aromatic N) is 1. The Kier molecular flexibility index (Phi) is 6.48. The smallest absolute Gasteiger partial charge is 0.339 e. The van der Waals surface area contributed by atoms with Crippen molar-refractivity contribution in [1.29, 1.82) is 0 Å². The Bertz CT molecular complexity index is 980. The Morgan fingerprint density at radius 3 is 2.31 bits per heavy atom. The van der Waals surface area contributed by atoms with Gasteiger partial charge in [-0.1, -0.05) is 31.7 Å². The van der Waals surface area contributed by atoms with E-state index in [1.807, 2.05) is 0 Å². The molecule has 1 amide bonds. The van der Waals surface area contributed by atoms with Gasteiger partial charge in [-0.05, 0) is 43.2 Å². The third-order valence-corrected chi connectivity index (χ3v) is 6.07. The summed E-state index contributed by atoms with van der Waals surface area (Å²) in [5.74, 6) is -0.187. The fourth-order valence-corrected chi connectivity index (χ4v) is 4.25. The molecular formula is C20H22N2O6S. The first-order valence-electron chi connectivity index (χ1n) is 9.45. The number of nitro benzene ring substituents is 1. The van der Waals surface area contributed by atoms with E-state index in [4.69, 9.17) is 4.18 Å². The third kappa shape index (κ3) is 5.54. The SMILES string of the molecule is O=C(NC1CCCCCC1)c1ccc(OS(=O)(=O)c2cccc([N+](=O)[O-])c2)cc1. The molecule has 1 aliphatic carbocycles. The average Bonchev–Trinajstić information content (AvgIpc) is 2.97. The Hall–Kier alpha value is -2.94. The predicted molar refractivity (Wildman–Crippen MR) is 106 cm³/mol. The summed E-state index contributed by atoms with van der Waals surface area (Å²) in [6.45, 7) is 0. The molecule has 2 aromatic rings. The van der Waals surface area contributed by atoms with Crippen LogP contribution in [-0.4, -0.2) is 25.3 Å². The number of rotatable bonds is 6. The molecule has 0 saturated heterocycles. The van der Waals surface area contributed by atoms with Gasteiger partial charge in [0.25, 0.3) is 11.6 Å². The van der Waals surface area contributed by atoms with E-state index < -0.39 is 15.0 Å². The van der Waals surface area contributed by atoms with Crippen molar-refractivity contribution in [2.45, 2.75) is 49.5 Å². The fraction of sp³-hybridized carbons (Fsp3) is 0.350. The van der Waals surface area contributed by atoms with E-state index >= 15 is 0 Å². The van der Waals surface area contributed by atoms with Crippen LogP contribution in [0.3, 0.4) is 0 Å². The second kappa shape index (κ2) is 9.04. The molecule has 1 aliphatic rings. The first kappa shape index (κ1) is 20.8. The largest absolute Gasteiger partial charge is 0.379 e. The zero-order chi connectivity index (χ0) is 20.9. The molecule has 1 fully saturated rings. The summed E-state index contributed by atoms with van der Waals surface area (Å²) in [4.78, 5) is 22.2. The van der Waals surface area contributed by atoms with E-state index in [2.05, 4.69) is 5.32 Å². The van der Waals surface area contributed by atoms with Crippen molar-refractivity contribution in [3.05, 3.63) is 64.2 Å². The van der Waals surface area contributed by atoms with E-state index in [1.54, 1.807) is 0 Å². The van der Waals surface area contributed by atoms with Crippen LogP contribution < -0.4 is 9.50 Å². The number of carbonyl (C=O) groups excluding carboxylic acids is 1. The zero-order valence-corrected chi connectivity index (χ0v) is 16.6. The van der Waals surface area contributed by atoms with E-state index in [0.717, 1.165) is 31.7 Å². The topological polar surface area (TPSA) is 116 Å². The van der Waals surface area contributed by atoms with E-state index in [0.29, 0.717) is 5.56 Å². The molecule has 1 saturated carbocycles. The molecule has 0 bridgehead atoms. The van der Waals surface area contributed by atoms with Crippen LogP contribution in [0.5, 0.6) is 5.75 Å². The lowest BCUT2D eigenvalue weighted by Gasteiger charge is -2.16. The lowest BCUT2D eigenvalue weighted by Crippen LogP contribution is -2.34. The summed E-state index contributed by atoms with van der Waals surface area (Å²) < 4.78 is 29.8. The molecule has 2 aromatic carbocycles. The van der Waals surface area contributed by atoms with Crippen LogP contribution in [0.15, 0.2) is 53.4 Å². The minimum Gasteiger partial charge on any atom is -0.379 e. The van der Waals surface area contributed by atoms with Crippen LogP contribution in [0.25, 0.3) is 0 Å². The van der Waals surface area contributed by atoms with Crippen molar-refractivity contribution in [2.75, 3.05) is 0 Å². The molecule has 0 radical (unpaired) electrons. The Morgan fingerprint density at radius 1 is 1.03 bits per heavy atom. The Labute approximate surface area is 169 Å². The number of carbonyl (C=O) groups is 1. The summed E-state index contributed by atoms with van der Waals surface area (Å²) in [5, 5.41) is 13.9. The number of hydrogen-bond acceptors (Lipinski definition) is 6. The number of amides is 1. The number of benzene rings is 2. The van der Waals surface area contributed by atoms with Gasteiger partial charge in [-0.15, -0.1) is 0 Å². The maximum Gasteiger partial charge on any atom is 0.339 e. The molecule has 29 heavy (non-hydrogen) atoms. The minimum atomic E-state index is -4.23. The van der Waals surface area contributed by atoms with Gasteiger partial charge in [0.05, 0.1) is 4.92 Å². The molecule has 0 atom stereocenters. The van der Waals surface area contributed by atoms with E-state index in [1.165, 1.54) is 55.3 Å². The first-order valence-corrected chi connectivity index (χ1v) is 10.9. The van der Waals surface area contributed by atoms with Gasteiger partial charge in [0.2, 0.25) is 0 Å². The standard InChI is InChI=1S/C20H22N2O6S/c23-20(21-16-6-3-1-2-4-7-16)15-10-12-18(13-11-15)28-29(26,27)19-9-5-8-17(14-19)22(24)25/h5,8-14,16H,1-4,6-7H2,(H,21,23). The highest BCUT2D eigenvalue weighted by molar-refractivity contribution is 7.87. The highest BCUT2D eigenvalue weighted by atomic mass is 32.2. The maximum absolute atomic E-state index is 12.4. The number of non-ortho nitro benzene ring substituents is 1. The van der Waals surface area contributed by atoms with Crippen LogP contribution in [0.4, 0.5) is 5.69 Å². The molecule has 8 nitrogen and oxygen atoms in total. The summed E-state index contributed by atoms with van der Waals surface area (Å²) in [6, 6.07) is 10.5. The lowest BCUT2D eigenvalue weighted by molar-refractivity contribution is -0.385.